The van der Waals surface area contributed by atoms with Crippen molar-refractivity contribution in [2.24, 2.45) is 0 Å². The molecule has 0 aliphatic heterocycles. The second-order valence-electron chi connectivity index (χ2n) is 6.31. The van der Waals surface area contributed by atoms with Crippen molar-refractivity contribution in [3.63, 3.8) is 0 Å². The molecule has 1 aromatic carbocycles. The summed E-state index contributed by atoms with van der Waals surface area (Å²) in [4.78, 5) is 40.3. The van der Waals surface area contributed by atoms with Gasteiger partial charge in [0.1, 0.15) is 31.0 Å². The molecule has 3 rings (SSSR count). The van der Waals surface area contributed by atoms with Crippen LogP contribution in [0.15, 0.2) is 59.9 Å². The van der Waals surface area contributed by atoms with Gasteiger partial charge in [0.15, 0.2) is 0 Å². The van der Waals surface area contributed by atoms with E-state index >= 15 is 0 Å². The highest BCUT2D eigenvalue weighted by atomic mass is 16.3. The fourth-order valence-electron chi connectivity index (χ4n) is 2.41. The van der Waals surface area contributed by atoms with Crippen LogP contribution >= 0.6 is 0 Å². The van der Waals surface area contributed by atoms with Crippen molar-refractivity contribution in [3.05, 3.63) is 61.1 Å². The number of carbonyl (C=O) groups is 3. The number of aromatic nitrogens is 3. The summed E-state index contributed by atoms with van der Waals surface area (Å²) in [6, 6.07) is 6.87. The number of hydrogen-bond donors (Lipinski definition) is 3. The quantitative estimate of drug-likeness (QED) is 0.558. The fraction of sp³-hybridized carbons (Fsp3) is 0.211. The average Bonchev–Trinajstić information content (AvgIpc) is 3.42. The van der Waals surface area contributed by atoms with Gasteiger partial charge in [-0.15, -0.1) is 0 Å². The first-order valence-electron chi connectivity index (χ1n) is 8.83. The molecule has 2 atom stereocenters. The third-order valence-corrected chi connectivity index (χ3v) is 4.16. The average molecular weight is 396 g/mol. The zero-order valence-electron chi connectivity index (χ0n) is 15.8. The van der Waals surface area contributed by atoms with E-state index in [1.165, 1.54) is 35.9 Å². The SMILES string of the molecule is C[C@H](C(=O)Nc1ccc(NC(=O)[C@@H](C)NC(=O)c2ccoc2)cc1)n1cncn1. The first-order valence-corrected chi connectivity index (χ1v) is 8.83. The van der Waals surface area contributed by atoms with E-state index in [0.717, 1.165) is 0 Å². The highest BCUT2D eigenvalue weighted by molar-refractivity contribution is 6.01. The van der Waals surface area contributed by atoms with Crippen LogP contribution in [0.4, 0.5) is 11.4 Å². The number of rotatable bonds is 7. The van der Waals surface area contributed by atoms with Gasteiger partial charge in [0.05, 0.1) is 11.8 Å². The largest absolute Gasteiger partial charge is 0.472 e. The molecule has 3 N–H and O–H groups in total. The number of furan rings is 1. The van der Waals surface area contributed by atoms with Crippen LogP contribution in [0.3, 0.4) is 0 Å². The topological polar surface area (TPSA) is 131 Å². The Morgan fingerprint density at radius 3 is 2.21 bits per heavy atom. The first-order chi connectivity index (χ1) is 13.9. The number of hydrogen-bond acceptors (Lipinski definition) is 6. The molecule has 10 heteroatoms. The van der Waals surface area contributed by atoms with E-state index in [4.69, 9.17) is 4.42 Å². The van der Waals surface area contributed by atoms with Gasteiger partial charge in [0.25, 0.3) is 5.91 Å². The summed E-state index contributed by atoms with van der Waals surface area (Å²) in [5, 5.41) is 12.0. The molecule has 10 nitrogen and oxygen atoms in total. The van der Waals surface area contributed by atoms with Crippen LogP contribution in [0.25, 0.3) is 0 Å². The summed E-state index contributed by atoms with van der Waals surface area (Å²) in [6.45, 7) is 3.28. The number of carbonyl (C=O) groups excluding carboxylic acids is 3. The fourth-order valence-corrected chi connectivity index (χ4v) is 2.41. The number of anilines is 2. The van der Waals surface area contributed by atoms with Crippen molar-refractivity contribution >= 4 is 29.1 Å². The normalized spacial score (nSPS) is 12.6. The summed E-state index contributed by atoms with van der Waals surface area (Å²) in [5.74, 6) is -1.03. The van der Waals surface area contributed by atoms with Gasteiger partial charge >= 0.3 is 0 Å². The smallest absolute Gasteiger partial charge is 0.255 e. The molecule has 150 valence electrons. The van der Waals surface area contributed by atoms with Gasteiger partial charge in [-0.3, -0.25) is 14.4 Å². The first kappa shape index (κ1) is 19.8. The highest BCUT2D eigenvalue weighted by Gasteiger charge is 2.18. The Morgan fingerprint density at radius 2 is 1.66 bits per heavy atom. The standard InChI is InChI=1S/C19H20N6O4/c1-12(22-19(28)14-7-8-29-9-14)17(26)23-15-3-5-16(6-4-15)24-18(27)13(2)25-11-20-10-21-25/h3-13H,1-2H3,(H,22,28)(H,23,26)(H,24,27)/t12-,13-/m1/s1. The summed E-state index contributed by atoms with van der Waals surface area (Å²) in [5.41, 5.74) is 1.44. The molecule has 0 unspecified atom stereocenters. The lowest BCUT2D eigenvalue weighted by molar-refractivity contribution is -0.119. The predicted molar refractivity (Wildman–Crippen MR) is 104 cm³/mol. The molecule has 0 aliphatic rings. The predicted octanol–water partition coefficient (Wildman–Crippen LogP) is 1.83. The summed E-state index contributed by atoms with van der Waals surface area (Å²) >= 11 is 0. The van der Waals surface area contributed by atoms with Crippen LogP contribution in [0.2, 0.25) is 0 Å². The highest BCUT2D eigenvalue weighted by Crippen LogP contribution is 2.15. The summed E-state index contributed by atoms with van der Waals surface area (Å²) in [6.07, 6.45) is 5.51. The minimum Gasteiger partial charge on any atom is -0.472 e. The number of benzene rings is 1. The van der Waals surface area contributed by atoms with E-state index < -0.39 is 18.0 Å². The maximum absolute atomic E-state index is 12.3. The van der Waals surface area contributed by atoms with E-state index in [0.29, 0.717) is 16.9 Å². The molecule has 3 amide bonds. The van der Waals surface area contributed by atoms with E-state index in [2.05, 4.69) is 26.0 Å². The zero-order valence-corrected chi connectivity index (χ0v) is 15.8. The lowest BCUT2D eigenvalue weighted by atomic mass is 10.2. The second kappa shape index (κ2) is 8.83. The maximum Gasteiger partial charge on any atom is 0.255 e. The molecule has 29 heavy (non-hydrogen) atoms. The lowest BCUT2D eigenvalue weighted by Crippen LogP contribution is -2.41. The van der Waals surface area contributed by atoms with Crippen molar-refractivity contribution in [2.75, 3.05) is 10.6 Å². The molecule has 2 heterocycles. The Labute approximate surface area is 166 Å². The Hall–Kier alpha value is -3.95. The molecule has 0 radical (unpaired) electrons. The van der Waals surface area contributed by atoms with Gasteiger partial charge in [0, 0.05) is 11.4 Å². The van der Waals surface area contributed by atoms with Gasteiger partial charge in [0.2, 0.25) is 11.8 Å². The maximum atomic E-state index is 12.3. The summed E-state index contributed by atoms with van der Waals surface area (Å²) in [7, 11) is 0. The van der Waals surface area contributed by atoms with Gasteiger partial charge in [-0.25, -0.2) is 9.67 Å². The Kier molecular flexibility index (Phi) is 6.03. The van der Waals surface area contributed by atoms with Gasteiger partial charge < -0.3 is 20.4 Å². The Balaban J connectivity index is 1.52. The van der Waals surface area contributed by atoms with Crippen LogP contribution < -0.4 is 16.0 Å². The van der Waals surface area contributed by atoms with Crippen LogP contribution in [0, 0.1) is 0 Å². The summed E-state index contributed by atoms with van der Waals surface area (Å²) < 4.78 is 6.30. The minimum atomic E-state index is -0.750. The van der Waals surface area contributed by atoms with Gasteiger partial charge in [-0.1, -0.05) is 0 Å². The van der Waals surface area contributed by atoms with Crippen LogP contribution in [0.1, 0.15) is 30.2 Å². The number of nitrogens with zero attached hydrogens (tertiary/aromatic N) is 3. The Morgan fingerprint density at radius 1 is 1.00 bits per heavy atom. The molecule has 2 aromatic heterocycles. The van der Waals surface area contributed by atoms with Crippen molar-refractivity contribution in [1.29, 1.82) is 0 Å². The molecule has 0 spiro atoms. The molecule has 0 fully saturated rings. The van der Waals surface area contributed by atoms with Crippen molar-refractivity contribution in [1.82, 2.24) is 20.1 Å². The van der Waals surface area contributed by atoms with Crippen LogP contribution in [-0.4, -0.2) is 38.5 Å². The Bertz CT molecular complexity index is 967. The van der Waals surface area contributed by atoms with E-state index in [1.54, 1.807) is 38.1 Å². The molecule has 0 saturated carbocycles. The van der Waals surface area contributed by atoms with Crippen LogP contribution in [0.5, 0.6) is 0 Å². The van der Waals surface area contributed by atoms with Gasteiger partial charge in [-0.05, 0) is 44.2 Å². The molecule has 3 aromatic rings. The molecule has 0 saturated heterocycles. The zero-order chi connectivity index (χ0) is 20.8. The van der Waals surface area contributed by atoms with Crippen LogP contribution in [-0.2, 0) is 9.59 Å². The third-order valence-electron chi connectivity index (χ3n) is 4.16. The van der Waals surface area contributed by atoms with Crippen molar-refractivity contribution in [3.8, 4) is 0 Å². The third kappa shape index (κ3) is 5.06. The van der Waals surface area contributed by atoms with E-state index in [9.17, 15) is 14.4 Å². The van der Waals surface area contributed by atoms with Crippen molar-refractivity contribution in [2.45, 2.75) is 25.9 Å². The molecule has 0 aliphatic carbocycles. The number of amides is 3. The second-order valence-corrected chi connectivity index (χ2v) is 6.31. The van der Waals surface area contributed by atoms with E-state index in [-0.39, 0.29) is 11.8 Å². The van der Waals surface area contributed by atoms with Gasteiger partial charge in [-0.2, -0.15) is 5.10 Å². The molecular formula is C19H20N6O4. The van der Waals surface area contributed by atoms with Crippen molar-refractivity contribution < 1.29 is 18.8 Å². The monoisotopic (exact) mass is 396 g/mol. The molecular weight excluding hydrogens is 376 g/mol. The van der Waals surface area contributed by atoms with E-state index in [1.807, 2.05) is 0 Å². The lowest BCUT2D eigenvalue weighted by Gasteiger charge is -2.15. The minimum absolute atomic E-state index is 0.247. The number of nitrogens with one attached hydrogen (secondary N) is 3. The molecule has 0 bridgehead atoms.